The second-order valence-electron chi connectivity index (χ2n) is 8.78. The van der Waals surface area contributed by atoms with Gasteiger partial charge in [0.15, 0.2) is 0 Å². The highest BCUT2D eigenvalue weighted by molar-refractivity contribution is 7.92. The van der Waals surface area contributed by atoms with Crippen molar-refractivity contribution in [2.75, 3.05) is 35.8 Å². The summed E-state index contributed by atoms with van der Waals surface area (Å²) in [5.41, 5.74) is 3.56. The molecular weight excluding hydrogens is 469 g/mol. The number of benzene rings is 3. The molecule has 0 amide bonds. The Morgan fingerprint density at radius 1 is 0.971 bits per heavy atom. The predicted octanol–water partition coefficient (Wildman–Crippen LogP) is 4.26. The first-order chi connectivity index (χ1) is 16.6. The van der Waals surface area contributed by atoms with E-state index in [1.54, 1.807) is 24.3 Å². The van der Waals surface area contributed by atoms with Gasteiger partial charge >= 0.3 is 5.97 Å². The molecule has 184 valence electrons. The number of carboxylic acid groups (broad SMARTS) is 1. The van der Waals surface area contributed by atoms with Crippen LogP contribution >= 0.6 is 0 Å². The third-order valence-electron chi connectivity index (χ3n) is 6.28. The number of rotatable bonds is 7. The first-order valence-corrected chi connectivity index (χ1v) is 12.8. The van der Waals surface area contributed by atoms with Gasteiger partial charge in [-0.15, -0.1) is 0 Å². The molecule has 35 heavy (non-hydrogen) atoms. The molecule has 9 heteroatoms. The highest BCUT2D eigenvalue weighted by atomic mass is 32.2. The number of carboxylic acids is 1. The number of piperazine rings is 1. The molecule has 7 nitrogen and oxygen atoms in total. The molecule has 0 atom stereocenters. The largest absolute Gasteiger partial charge is 0.478 e. The van der Waals surface area contributed by atoms with Crippen molar-refractivity contribution in [3.05, 3.63) is 88.7 Å². The zero-order valence-corrected chi connectivity index (χ0v) is 20.5. The number of carbonyl (C=O) groups is 1. The molecule has 1 heterocycles. The molecule has 0 radical (unpaired) electrons. The third-order valence-corrected chi connectivity index (χ3v) is 7.65. The van der Waals surface area contributed by atoms with E-state index in [1.807, 2.05) is 24.8 Å². The minimum atomic E-state index is -3.93. The molecule has 1 saturated heterocycles. The lowest BCUT2D eigenvalue weighted by molar-refractivity contribution is 0.0697. The minimum absolute atomic E-state index is 0.00345. The Bertz CT molecular complexity index is 1350. The molecule has 0 aromatic heterocycles. The summed E-state index contributed by atoms with van der Waals surface area (Å²) in [6.07, 6.45) is 0. The van der Waals surface area contributed by atoms with Crippen LogP contribution in [0.5, 0.6) is 0 Å². The van der Waals surface area contributed by atoms with E-state index >= 15 is 0 Å². The lowest BCUT2D eigenvalue weighted by Gasteiger charge is -2.37. The van der Waals surface area contributed by atoms with E-state index in [9.17, 15) is 22.7 Å². The molecule has 1 aliphatic rings. The number of sulfonamides is 1. The van der Waals surface area contributed by atoms with Crippen LogP contribution in [-0.2, 0) is 16.6 Å². The highest BCUT2D eigenvalue weighted by Crippen LogP contribution is 2.31. The lowest BCUT2D eigenvalue weighted by atomic mass is 10.1. The van der Waals surface area contributed by atoms with Crippen molar-refractivity contribution in [3.8, 4) is 0 Å². The van der Waals surface area contributed by atoms with E-state index in [1.165, 1.54) is 30.3 Å². The summed E-state index contributed by atoms with van der Waals surface area (Å²) < 4.78 is 42.4. The van der Waals surface area contributed by atoms with Crippen molar-refractivity contribution in [2.45, 2.75) is 25.3 Å². The topological polar surface area (TPSA) is 89.9 Å². The fourth-order valence-electron chi connectivity index (χ4n) is 4.15. The van der Waals surface area contributed by atoms with Crippen molar-refractivity contribution in [2.24, 2.45) is 0 Å². The Labute approximate surface area is 204 Å². The maximum absolute atomic E-state index is 13.5. The molecule has 3 aromatic carbocycles. The van der Waals surface area contributed by atoms with Gasteiger partial charge in [0.25, 0.3) is 10.0 Å². The van der Waals surface area contributed by atoms with Crippen molar-refractivity contribution in [3.63, 3.8) is 0 Å². The zero-order valence-electron chi connectivity index (χ0n) is 19.7. The van der Waals surface area contributed by atoms with Crippen LogP contribution in [-0.4, -0.2) is 50.6 Å². The average Bonchev–Trinajstić information content (AvgIpc) is 2.81. The Morgan fingerprint density at radius 2 is 1.71 bits per heavy atom. The average molecular weight is 498 g/mol. The number of hydrogen-bond donors (Lipinski definition) is 2. The van der Waals surface area contributed by atoms with Crippen molar-refractivity contribution in [1.29, 1.82) is 0 Å². The first-order valence-electron chi connectivity index (χ1n) is 11.3. The third kappa shape index (κ3) is 5.80. The Kier molecular flexibility index (Phi) is 7.09. The van der Waals surface area contributed by atoms with Gasteiger partial charge in [-0.3, -0.25) is 9.62 Å². The van der Waals surface area contributed by atoms with Crippen LogP contribution in [0.4, 0.5) is 15.8 Å². The number of hydrogen-bond acceptors (Lipinski definition) is 5. The molecule has 0 bridgehead atoms. The van der Waals surface area contributed by atoms with Crippen molar-refractivity contribution in [1.82, 2.24) is 4.90 Å². The fourth-order valence-corrected chi connectivity index (χ4v) is 5.30. The van der Waals surface area contributed by atoms with E-state index in [-0.39, 0.29) is 22.0 Å². The quantitative estimate of drug-likeness (QED) is 0.507. The number of nitrogens with one attached hydrogen (secondary N) is 1. The summed E-state index contributed by atoms with van der Waals surface area (Å²) >= 11 is 0. The van der Waals surface area contributed by atoms with Crippen LogP contribution in [0.25, 0.3) is 0 Å². The number of aromatic carboxylic acids is 1. The number of nitrogens with zero attached hydrogens (tertiary/aromatic N) is 2. The molecule has 4 rings (SSSR count). The van der Waals surface area contributed by atoms with Gasteiger partial charge in [0.2, 0.25) is 0 Å². The van der Waals surface area contributed by atoms with Gasteiger partial charge in [0, 0.05) is 32.7 Å². The maximum Gasteiger partial charge on any atom is 0.335 e. The van der Waals surface area contributed by atoms with E-state index in [4.69, 9.17) is 0 Å². The van der Waals surface area contributed by atoms with Gasteiger partial charge in [0.05, 0.1) is 21.8 Å². The smallest absolute Gasteiger partial charge is 0.335 e. The van der Waals surface area contributed by atoms with Crippen molar-refractivity contribution >= 4 is 27.4 Å². The van der Waals surface area contributed by atoms with E-state index in [0.717, 1.165) is 16.7 Å². The Morgan fingerprint density at radius 3 is 2.37 bits per heavy atom. The van der Waals surface area contributed by atoms with Gasteiger partial charge in [-0.1, -0.05) is 18.2 Å². The first kappa shape index (κ1) is 24.7. The number of halogens is 1. The molecule has 2 N–H and O–H groups in total. The predicted molar refractivity (Wildman–Crippen MR) is 134 cm³/mol. The monoisotopic (exact) mass is 497 g/mol. The molecule has 0 aliphatic carbocycles. The van der Waals surface area contributed by atoms with E-state index in [0.29, 0.717) is 38.4 Å². The second kappa shape index (κ2) is 10.1. The summed E-state index contributed by atoms with van der Waals surface area (Å²) in [6, 6.07) is 15.9. The highest BCUT2D eigenvalue weighted by Gasteiger charge is 2.23. The van der Waals surface area contributed by atoms with E-state index in [2.05, 4.69) is 9.62 Å². The van der Waals surface area contributed by atoms with Gasteiger partial charge < -0.3 is 10.0 Å². The summed E-state index contributed by atoms with van der Waals surface area (Å²) in [7, 11) is -3.93. The van der Waals surface area contributed by atoms with Crippen LogP contribution in [0.15, 0.2) is 65.6 Å². The normalized spacial score (nSPS) is 14.7. The number of aryl methyl sites for hydroxylation is 2. The summed E-state index contributed by atoms with van der Waals surface area (Å²) in [5, 5.41) is 9.46. The number of anilines is 2. The SMILES string of the molecule is Cc1ccc(S(=O)(=O)Nc2cc(C(=O)O)ccc2N2CCN(Cc3cccc(F)c3)CC2)cc1C. The minimum Gasteiger partial charge on any atom is -0.478 e. The Hall–Kier alpha value is -3.43. The molecule has 1 fully saturated rings. The van der Waals surface area contributed by atoms with Crippen LogP contribution in [0.3, 0.4) is 0 Å². The molecular formula is C26H28FN3O4S. The van der Waals surface area contributed by atoms with Crippen LogP contribution in [0.2, 0.25) is 0 Å². The summed E-state index contributed by atoms with van der Waals surface area (Å²) in [6.45, 7) is 6.98. The maximum atomic E-state index is 13.5. The standard InChI is InChI=1S/C26H28FN3O4S/c1-18-6-8-23(14-19(18)2)35(33,34)28-24-16-21(26(31)32)7-9-25(24)30-12-10-29(11-13-30)17-20-4-3-5-22(27)15-20/h3-9,14-16,28H,10-13,17H2,1-2H3,(H,31,32). The van der Waals surface area contributed by atoms with Gasteiger partial charge in [-0.2, -0.15) is 0 Å². The Balaban J connectivity index is 1.55. The fraction of sp³-hybridized carbons (Fsp3) is 0.269. The second-order valence-corrected chi connectivity index (χ2v) is 10.5. The van der Waals surface area contributed by atoms with Crippen LogP contribution in [0, 0.1) is 19.7 Å². The molecule has 0 unspecified atom stereocenters. The zero-order chi connectivity index (χ0) is 25.2. The molecule has 0 spiro atoms. The van der Waals surface area contributed by atoms with Gasteiger partial charge in [-0.05, 0) is 73.0 Å². The van der Waals surface area contributed by atoms with Gasteiger partial charge in [0.1, 0.15) is 5.82 Å². The summed E-state index contributed by atoms with van der Waals surface area (Å²) in [4.78, 5) is 15.9. The van der Waals surface area contributed by atoms with Crippen LogP contribution < -0.4 is 9.62 Å². The van der Waals surface area contributed by atoms with Crippen molar-refractivity contribution < 1.29 is 22.7 Å². The lowest BCUT2D eigenvalue weighted by Crippen LogP contribution is -2.46. The molecule has 1 aliphatic heterocycles. The van der Waals surface area contributed by atoms with Crippen LogP contribution in [0.1, 0.15) is 27.0 Å². The molecule has 3 aromatic rings. The van der Waals surface area contributed by atoms with Gasteiger partial charge in [-0.25, -0.2) is 17.6 Å². The summed E-state index contributed by atoms with van der Waals surface area (Å²) in [5.74, 6) is -1.40. The molecule has 0 saturated carbocycles. The van der Waals surface area contributed by atoms with E-state index < -0.39 is 16.0 Å².